The molecule has 0 saturated heterocycles. The summed E-state index contributed by atoms with van der Waals surface area (Å²) < 4.78 is 10.5. The van der Waals surface area contributed by atoms with Gasteiger partial charge in [0.15, 0.2) is 5.76 Å². The van der Waals surface area contributed by atoms with Gasteiger partial charge in [-0.1, -0.05) is 42.5 Å². The second kappa shape index (κ2) is 9.00. The summed E-state index contributed by atoms with van der Waals surface area (Å²) in [5.74, 6) is -0.0249. The molecule has 3 aromatic carbocycles. The van der Waals surface area contributed by atoms with Gasteiger partial charge in [-0.2, -0.15) is 0 Å². The molecule has 31 heavy (non-hydrogen) atoms. The Morgan fingerprint density at radius 2 is 1.52 bits per heavy atom. The SMILES string of the molecule is COc1cc(NC(=O)c2ccc(-c3ccccc3)cc2)ccc1NC(=O)c1ccco1. The fourth-order valence-corrected chi connectivity index (χ4v) is 3.11. The van der Waals surface area contributed by atoms with Crippen molar-refractivity contribution >= 4 is 23.2 Å². The summed E-state index contributed by atoms with van der Waals surface area (Å²) in [6, 6.07) is 25.6. The lowest BCUT2D eigenvalue weighted by molar-refractivity contribution is 0.0994. The summed E-state index contributed by atoms with van der Waals surface area (Å²) in [5, 5.41) is 5.58. The van der Waals surface area contributed by atoms with Crippen molar-refractivity contribution in [3.8, 4) is 16.9 Å². The molecule has 0 fully saturated rings. The summed E-state index contributed by atoms with van der Waals surface area (Å²) in [6.07, 6.45) is 1.43. The zero-order valence-electron chi connectivity index (χ0n) is 16.8. The topological polar surface area (TPSA) is 80.6 Å². The molecule has 0 unspecified atom stereocenters. The van der Waals surface area contributed by atoms with E-state index >= 15 is 0 Å². The summed E-state index contributed by atoms with van der Waals surface area (Å²) >= 11 is 0. The molecule has 2 amide bonds. The Morgan fingerprint density at radius 1 is 0.774 bits per heavy atom. The maximum atomic E-state index is 12.6. The van der Waals surface area contributed by atoms with Crippen LogP contribution in [0.5, 0.6) is 5.75 Å². The molecule has 0 radical (unpaired) electrons. The van der Waals surface area contributed by atoms with Crippen LogP contribution in [0.4, 0.5) is 11.4 Å². The summed E-state index contributed by atoms with van der Waals surface area (Å²) in [7, 11) is 1.49. The highest BCUT2D eigenvalue weighted by Crippen LogP contribution is 2.29. The zero-order chi connectivity index (χ0) is 21.6. The van der Waals surface area contributed by atoms with Gasteiger partial charge in [0.25, 0.3) is 11.8 Å². The molecule has 4 rings (SSSR count). The Hall–Kier alpha value is -4.32. The second-order valence-corrected chi connectivity index (χ2v) is 6.74. The van der Waals surface area contributed by atoms with Gasteiger partial charge in [0, 0.05) is 17.3 Å². The van der Waals surface area contributed by atoms with Gasteiger partial charge in [-0.15, -0.1) is 0 Å². The van der Waals surface area contributed by atoms with Crippen LogP contribution in [0.15, 0.2) is 95.6 Å². The highest BCUT2D eigenvalue weighted by molar-refractivity contribution is 6.06. The second-order valence-electron chi connectivity index (χ2n) is 6.74. The van der Waals surface area contributed by atoms with Crippen molar-refractivity contribution in [3.63, 3.8) is 0 Å². The number of carbonyl (C=O) groups is 2. The first kappa shape index (κ1) is 20.0. The Balaban J connectivity index is 1.46. The van der Waals surface area contributed by atoms with Crippen LogP contribution in [-0.4, -0.2) is 18.9 Å². The molecule has 6 heteroatoms. The minimum atomic E-state index is -0.390. The first-order valence-corrected chi connectivity index (χ1v) is 9.64. The van der Waals surface area contributed by atoms with E-state index in [1.165, 1.54) is 13.4 Å². The van der Waals surface area contributed by atoms with E-state index in [2.05, 4.69) is 10.6 Å². The molecule has 4 aromatic rings. The van der Waals surface area contributed by atoms with E-state index in [1.54, 1.807) is 42.5 Å². The number of nitrogens with one attached hydrogen (secondary N) is 2. The number of rotatable bonds is 6. The molecular weight excluding hydrogens is 392 g/mol. The average Bonchev–Trinajstić information content (AvgIpc) is 3.36. The van der Waals surface area contributed by atoms with Gasteiger partial charge in [-0.25, -0.2) is 0 Å². The monoisotopic (exact) mass is 412 g/mol. The molecule has 0 aliphatic rings. The molecule has 0 spiro atoms. The summed E-state index contributed by atoms with van der Waals surface area (Å²) in [5.41, 5.74) is 3.68. The van der Waals surface area contributed by atoms with Crippen molar-refractivity contribution in [3.05, 3.63) is 103 Å². The van der Waals surface area contributed by atoms with Gasteiger partial charge in [-0.3, -0.25) is 9.59 Å². The predicted octanol–water partition coefficient (Wildman–Crippen LogP) is 5.46. The zero-order valence-corrected chi connectivity index (χ0v) is 16.8. The number of hydrogen-bond donors (Lipinski definition) is 2. The molecule has 0 aliphatic carbocycles. The lowest BCUT2D eigenvalue weighted by Crippen LogP contribution is -2.13. The molecule has 6 nitrogen and oxygen atoms in total. The average molecular weight is 412 g/mol. The van der Waals surface area contributed by atoms with Crippen LogP contribution < -0.4 is 15.4 Å². The molecule has 154 valence electrons. The van der Waals surface area contributed by atoms with E-state index in [4.69, 9.17) is 9.15 Å². The lowest BCUT2D eigenvalue weighted by atomic mass is 10.0. The normalized spacial score (nSPS) is 10.4. The number of methoxy groups -OCH3 is 1. The van der Waals surface area contributed by atoms with Crippen LogP contribution in [0.1, 0.15) is 20.9 Å². The summed E-state index contributed by atoms with van der Waals surface area (Å²) in [4.78, 5) is 24.8. The predicted molar refractivity (Wildman–Crippen MR) is 119 cm³/mol. The van der Waals surface area contributed by atoms with E-state index < -0.39 is 5.91 Å². The van der Waals surface area contributed by atoms with Gasteiger partial charge >= 0.3 is 0 Å². The molecular formula is C25H20N2O4. The number of furan rings is 1. The van der Waals surface area contributed by atoms with Crippen molar-refractivity contribution in [2.45, 2.75) is 0 Å². The molecule has 2 N–H and O–H groups in total. The Morgan fingerprint density at radius 3 is 2.19 bits per heavy atom. The maximum Gasteiger partial charge on any atom is 0.291 e. The molecule has 1 heterocycles. The molecule has 0 aliphatic heterocycles. The lowest BCUT2D eigenvalue weighted by Gasteiger charge is -2.12. The third-order valence-corrected chi connectivity index (χ3v) is 4.71. The highest BCUT2D eigenvalue weighted by atomic mass is 16.5. The van der Waals surface area contributed by atoms with Crippen LogP contribution in [0.2, 0.25) is 0 Å². The molecule has 1 aromatic heterocycles. The number of ether oxygens (including phenoxy) is 1. The number of amides is 2. The Bertz CT molecular complexity index is 1180. The van der Waals surface area contributed by atoms with Crippen molar-refractivity contribution in [2.24, 2.45) is 0 Å². The first-order valence-electron chi connectivity index (χ1n) is 9.64. The van der Waals surface area contributed by atoms with Gasteiger partial charge in [0.2, 0.25) is 0 Å². The molecule has 0 atom stereocenters. The van der Waals surface area contributed by atoms with Crippen molar-refractivity contribution in [1.29, 1.82) is 0 Å². The Labute approximate surface area is 179 Å². The van der Waals surface area contributed by atoms with Crippen LogP contribution in [0.3, 0.4) is 0 Å². The largest absolute Gasteiger partial charge is 0.494 e. The third kappa shape index (κ3) is 4.64. The van der Waals surface area contributed by atoms with Crippen LogP contribution >= 0.6 is 0 Å². The maximum absolute atomic E-state index is 12.6. The van der Waals surface area contributed by atoms with Crippen molar-refractivity contribution in [2.75, 3.05) is 17.7 Å². The standard InChI is InChI=1S/C25H20N2O4/c1-30-23-16-20(13-14-21(23)27-25(29)22-8-5-15-31-22)26-24(28)19-11-9-18(10-12-19)17-6-3-2-4-7-17/h2-16H,1H3,(H,26,28)(H,27,29). The number of hydrogen-bond acceptors (Lipinski definition) is 4. The van der Waals surface area contributed by atoms with E-state index in [0.29, 0.717) is 22.7 Å². The minimum absolute atomic E-state index is 0.193. The van der Waals surface area contributed by atoms with Gasteiger partial charge in [0.05, 0.1) is 19.1 Å². The quantitative estimate of drug-likeness (QED) is 0.441. The fraction of sp³-hybridized carbons (Fsp3) is 0.0400. The number of carbonyl (C=O) groups excluding carboxylic acids is 2. The van der Waals surface area contributed by atoms with E-state index in [0.717, 1.165) is 11.1 Å². The van der Waals surface area contributed by atoms with Crippen LogP contribution in [-0.2, 0) is 0 Å². The smallest absolute Gasteiger partial charge is 0.291 e. The number of anilines is 2. The first-order chi connectivity index (χ1) is 15.1. The van der Waals surface area contributed by atoms with Gasteiger partial charge < -0.3 is 19.8 Å². The Kier molecular flexibility index (Phi) is 5.80. The van der Waals surface area contributed by atoms with E-state index in [9.17, 15) is 9.59 Å². The summed E-state index contributed by atoms with van der Waals surface area (Å²) in [6.45, 7) is 0. The van der Waals surface area contributed by atoms with E-state index in [-0.39, 0.29) is 11.7 Å². The highest BCUT2D eigenvalue weighted by Gasteiger charge is 2.14. The van der Waals surface area contributed by atoms with Gasteiger partial charge in [0.1, 0.15) is 5.75 Å². The van der Waals surface area contributed by atoms with Crippen LogP contribution in [0, 0.1) is 0 Å². The number of benzene rings is 3. The fourth-order valence-electron chi connectivity index (χ4n) is 3.11. The third-order valence-electron chi connectivity index (χ3n) is 4.71. The molecule has 0 saturated carbocycles. The minimum Gasteiger partial charge on any atom is -0.494 e. The van der Waals surface area contributed by atoms with Crippen molar-refractivity contribution < 1.29 is 18.7 Å². The molecule has 0 bridgehead atoms. The van der Waals surface area contributed by atoms with Gasteiger partial charge in [-0.05, 0) is 47.5 Å². The van der Waals surface area contributed by atoms with Crippen LogP contribution in [0.25, 0.3) is 11.1 Å². The van der Waals surface area contributed by atoms with E-state index in [1.807, 2.05) is 42.5 Å². The van der Waals surface area contributed by atoms with Crippen molar-refractivity contribution in [1.82, 2.24) is 0 Å².